The third-order valence-electron chi connectivity index (χ3n) is 3.45. The molecule has 1 fully saturated rings. The number of nitrogens with zero attached hydrogens (tertiary/aromatic N) is 1. The fourth-order valence-corrected chi connectivity index (χ4v) is 2.81. The van der Waals surface area contributed by atoms with Crippen LogP contribution in [0.1, 0.15) is 12.8 Å². The second kappa shape index (κ2) is 5.36. The van der Waals surface area contributed by atoms with Gasteiger partial charge in [-0.1, -0.05) is 0 Å². The fraction of sp³-hybridized carbons (Fsp3) is 0.500. The van der Waals surface area contributed by atoms with Crippen LogP contribution in [-0.2, 0) is 14.8 Å². The zero-order chi connectivity index (χ0) is 14.0. The second-order valence-corrected chi connectivity index (χ2v) is 6.28. The van der Waals surface area contributed by atoms with Crippen LogP contribution in [0, 0.1) is 0 Å². The standard InChI is InChI=1S/C12H19N3O3S/c1-15(9-4-6-18-7-5-9)12-8-10(19(14,16)17)2-3-11(12)13/h2-3,8-9H,4-7,13H2,1H3,(H2,14,16,17). The van der Waals surface area contributed by atoms with Crippen LogP contribution in [0.25, 0.3) is 0 Å². The molecule has 1 aliphatic rings. The maximum atomic E-state index is 11.4. The van der Waals surface area contributed by atoms with Crippen LogP contribution in [0.3, 0.4) is 0 Å². The van der Waals surface area contributed by atoms with Crippen molar-refractivity contribution in [1.82, 2.24) is 0 Å². The molecule has 0 saturated carbocycles. The van der Waals surface area contributed by atoms with Gasteiger partial charge in [0, 0.05) is 26.3 Å². The molecule has 0 aromatic heterocycles. The van der Waals surface area contributed by atoms with Crippen LogP contribution >= 0.6 is 0 Å². The lowest BCUT2D eigenvalue weighted by molar-refractivity contribution is 0.0855. The fourth-order valence-electron chi connectivity index (χ4n) is 2.28. The topological polar surface area (TPSA) is 98.7 Å². The smallest absolute Gasteiger partial charge is 0.238 e. The zero-order valence-corrected chi connectivity index (χ0v) is 11.7. The first-order valence-electron chi connectivity index (χ1n) is 6.12. The molecule has 2 rings (SSSR count). The molecule has 0 amide bonds. The largest absolute Gasteiger partial charge is 0.397 e. The van der Waals surface area contributed by atoms with Crippen molar-refractivity contribution in [2.24, 2.45) is 5.14 Å². The molecule has 19 heavy (non-hydrogen) atoms. The van der Waals surface area contributed by atoms with E-state index in [4.69, 9.17) is 15.6 Å². The predicted octanol–water partition coefficient (Wildman–Crippen LogP) is 0.531. The number of primary sulfonamides is 1. The van der Waals surface area contributed by atoms with Gasteiger partial charge in [0.2, 0.25) is 10.0 Å². The molecule has 0 aliphatic carbocycles. The number of nitrogen functional groups attached to an aromatic ring is 1. The summed E-state index contributed by atoms with van der Waals surface area (Å²) in [5.41, 5.74) is 7.17. The van der Waals surface area contributed by atoms with Gasteiger partial charge < -0.3 is 15.4 Å². The Hall–Kier alpha value is -1.31. The number of rotatable bonds is 3. The first-order valence-corrected chi connectivity index (χ1v) is 7.67. The Morgan fingerprint density at radius 1 is 1.32 bits per heavy atom. The minimum absolute atomic E-state index is 0.0793. The Morgan fingerprint density at radius 2 is 1.95 bits per heavy atom. The van der Waals surface area contributed by atoms with E-state index >= 15 is 0 Å². The van der Waals surface area contributed by atoms with Crippen molar-refractivity contribution in [2.75, 3.05) is 30.9 Å². The molecule has 4 N–H and O–H groups in total. The highest BCUT2D eigenvalue weighted by Crippen LogP contribution is 2.29. The molecule has 1 saturated heterocycles. The van der Waals surface area contributed by atoms with Gasteiger partial charge in [-0.05, 0) is 31.0 Å². The van der Waals surface area contributed by atoms with Gasteiger partial charge in [0.15, 0.2) is 0 Å². The van der Waals surface area contributed by atoms with Crippen molar-refractivity contribution < 1.29 is 13.2 Å². The number of hydrogen-bond donors (Lipinski definition) is 2. The van der Waals surface area contributed by atoms with Gasteiger partial charge in [0.1, 0.15) is 0 Å². The van der Waals surface area contributed by atoms with Crippen LogP contribution in [0.5, 0.6) is 0 Å². The van der Waals surface area contributed by atoms with Gasteiger partial charge in [-0.15, -0.1) is 0 Å². The Bertz CT molecular complexity index is 553. The zero-order valence-electron chi connectivity index (χ0n) is 10.9. The lowest BCUT2D eigenvalue weighted by atomic mass is 10.1. The van der Waals surface area contributed by atoms with Gasteiger partial charge in [-0.2, -0.15) is 0 Å². The van der Waals surface area contributed by atoms with Crippen molar-refractivity contribution in [3.63, 3.8) is 0 Å². The van der Waals surface area contributed by atoms with Gasteiger partial charge >= 0.3 is 0 Å². The highest BCUT2D eigenvalue weighted by Gasteiger charge is 2.21. The molecule has 0 radical (unpaired) electrons. The molecule has 0 bridgehead atoms. The van der Waals surface area contributed by atoms with Gasteiger partial charge in [-0.3, -0.25) is 0 Å². The molecule has 0 spiro atoms. The first kappa shape index (κ1) is 14.1. The van der Waals surface area contributed by atoms with Crippen LogP contribution in [0.4, 0.5) is 11.4 Å². The molecule has 0 atom stereocenters. The average molecular weight is 285 g/mol. The predicted molar refractivity (Wildman–Crippen MR) is 74.5 cm³/mol. The number of benzene rings is 1. The van der Waals surface area contributed by atoms with E-state index in [-0.39, 0.29) is 4.90 Å². The minimum atomic E-state index is -3.71. The molecule has 1 heterocycles. The molecule has 106 valence electrons. The van der Waals surface area contributed by atoms with Crippen molar-refractivity contribution in [2.45, 2.75) is 23.8 Å². The molecule has 6 nitrogen and oxygen atoms in total. The lowest BCUT2D eigenvalue weighted by Gasteiger charge is -2.33. The van der Waals surface area contributed by atoms with Crippen LogP contribution in [0.15, 0.2) is 23.1 Å². The number of sulfonamides is 1. The summed E-state index contributed by atoms with van der Waals surface area (Å²) < 4.78 is 28.1. The normalized spacial score (nSPS) is 17.4. The number of hydrogen-bond acceptors (Lipinski definition) is 5. The lowest BCUT2D eigenvalue weighted by Crippen LogP contribution is -2.37. The first-order chi connectivity index (χ1) is 8.89. The highest BCUT2D eigenvalue weighted by molar-refractivity contribution is 7.89. The summed E-state index contributed by atoms with van der Waals surface area (Å²) in [5, 5.41) is 5.15. The summed E-state index contributed by atoms with van der Waals surface area (Å²) in [6.45, 7) is 1.42. The Balaban J connectivity index is 2.32. The minimum Gasteiger partial charge on any atom is -0.397 e. The van der Waals surface area contributed by atoms with Crippen molar-refractivity contribution in [3.05, 3.63) is 18.2 Å². The molecule has 7 heteroatoms. The van der Waals surface area contributed by atoms with Crippen LogP contribution in [-0.4, -0.2) is 34.7 Å². The van der Waals surface area contributed by atoms with Crippen LogP contribution < -0.4 is 15.8 Å². The number of nitrogens with two attached hydrogens (primary N) is 2. The Morgan fingerprint density at radius 3 is 2.53 bits per heavy atom. The number of anilines is 2. The summed E-state index contributed by atoms with van der Waals surface area (Å²) in [6, 6.07) is 4.82. The van der Waals surface area contributed by atoms with E-state index in [1.807, 2.05) is 11.9 Å². The molecular weight excluding hydrogens is 266 g/mol. The van der Waals surface area contributed by atoms with Crippen molar-refractivity contribution in [1.29, 1.82) is 0 Å². The Kier molecular flexibility index (Phi) is 3.98. The summed E-state index contributed by atoms with van der Waals surface area (Å²) in [5.74, 6) is 0. The molecular formula is C12H19N3O3S. The summed E-state index contributed by atoms with van der Waals surface area (Å²) in [4.78, 5) is 2.09. The molecule has 1 aliphatic heterocycles. The van der Waals surface area contributed by atoms with Gasteiger partial charge in [-0.25, -0.2) is 13.6 Å². The third-order valence-corrected chi connectivity index (χ3v) is 4.36. The summed E-state index contributed by atoms with van der Waals surface area (Å²) in [6.07, 6.45) is 1.80. The van der Waals surface area contributed by atoms with Gasteiger partial charge in [0.25, 0.3) is 0 Å². The molecule has 0 unspecified atom stereocenters. The van der Waals surface area contributed by atoms with Gasteiger partial charge in [0.05, 0.1) is 16.3 Å². The van der Waals surface area contributed by atoms with Crippen molar-refractivity contribution >= 4 is 21.4 Å². The highest BCUT2D eigenvalue weighted by atomic mass is 32.2. The van der Waals surface area contributed by atoms with E-state index in [0.717, 1.165) is 12.8 Å². The SMILES string of the molecule is CN(c1cc(S(N)(=O)=O)ccc1N)C1CCOCC1. The van der Waals surface area contributed by atoms with E-state index in [1.165, 1.54) is 12.1 Å². The van der Waals surface area contributed by atoms with E-state index in [2.05, 4.69) is 0 Å². The van der Waals surface area contributed by atoms with E-state index < -0.39 is 10.0 Å². The maximum Gasteiger partial charge on any atom is 0.238 e. The van der Waals surface area contributed by atoms with E-state index in [1.54, 1.807) is 6.07 Å². The molecule has 1 aromatic carbocycles. The third kappa shape index (κ3) is 3.17. The average Bonchev–Trinajstić information content (AvgIpc) is 2.38. The van der Waals surface area contributed by atoms with E-state index in [9.17, 15) is 8.42 Å². The quantitative estimate of drug-likeness (QED) is 0.789. The van der Waals surface area contributed by atoms with Crippen LogP contribution in [0.2, 0.25) is 0 Å². The maximum absolute atomic E-state index is 11.4. The summed E-state index contributed by atoms with van der Waals surface area (Å²) in [7, 11) is -1.80. The van der Waals surface area contributed by atoms with Crippen molar-refractivity contribution in [3.8, 4) is 0 Å². The van der Waals surface area contributed by atoms with E-state index in [0.29, 0.717) is 30.6 Å². The Labute approximate surface area is 113 Å². The molecule has 1 aromatic rings. The number of ether oxygens (including phenoxy) is 1. The monoisotopic (exact) mass is 285 g/mol. The second-order valence-electron chi connectivity index (χ2n) is 4.72. The summed E-state index contributed by atoms with van der Waals surface area (Å²) >= 11 is 0.